The van der Waals surface area contributed by atoms with Gasteiger partial charge < -0.3 is 5.41 Å². The summed E-state index contributed by atoms with van der Waals surface area (Å²) in [5.74, 6) is 0. The van der Waals surface area contributed by atoms with Crippen LogP contribution in [0.4, 0.5) is 0 Å². The van der Waals surface area contributed by atoms with Gasteiger partial charge in [-0.1, -0.05) is 5.04 Å². The molecular weight excluding hydrogens is 110 g/mol. The molecule has 48 valence electrons. The van der Waals surface area contributed by atoms with E-state index in [0.717, 1.165) is 0 Å². The van der Waals surface area contributed by atoms with Crippen LogP contribution in [0.2, 0.25) is 0 Å². The molecule has 0 amide bonds. The van der Waals surface area contributed by atoms with Crippen LogP contribution in [-0.4, -0.2) is 19.4 Å². The molecule has 0 aliphatic rings. The first-order valence-electron chi connectivity index (χ1n) is 2.13. The van der Waals surface area contributed by atoms with Crippen LogP contribution in [0, 0.1) is 5.41 Å². The van der Waals surface area contributed by atoms with Gasteiger partial charge in [-0.3, -0.25) is 0 Å². The van der Waals surface area contributed by atoms with E-state index in [4.69, 9.17) is 5.41 Å². The molecule has 0 spiro atoms. The fourth-order valence-electron chi connectivity index (χ4n) is 0.161. The van der Waals surface area contributed by atoms with E-state index in [1.54, 1.807) is 6.92 Å². The first-order valence-corrected chi connectivity index (χ1v) is 2.13. The number of hydrogen-bond donors (Lipinski definition) is 1. The Bertz CT molecular complexity index is 73.7. The van der Waals surface area contributed by atoms with Gasteiger partial charge in [0.25, 0.3) is 0 Å². The van der Waals surface area contributed by atoms with Crippen molar-refractivity contribution < 1.29 is 14.8 Å². The van der Waals surface area contributed by atoms with Crippen LogP contribution in [-0.2, 0) is 14.8 Å². The summed E-state index contributed by atoms with van der Waals surface area (Å²) in [4.78, 5) is 8.37. The van der Waals surface area contributed by atoms with Gasteiger partial charge in [-0.25, -0.2) is 9.78 Å². The highest BCUT2D eigenvalue weighted by atomic mass is 17.5. The molecule has 0 saturated carbocycles. The van der Waals surface area contributed by atoms with Crippen molar-refractivity contribution in [1.82, 2.24) is 0 Å². The maximum Gasteiger partial charge on any atom is 0.122 e. The van der Waals surface area contributed by atoms with Crippen LogP contribution in [0.3, 0.4) is 0 Å². The van der Waals surface area contributed by atoms with E-state index in [1.807, 2.05) is 0 Å². The number of nitrogens with one attached hydrogen (secondary N) is 1. The summed E-state index contributed by atoms with van der Waals surface area (Å²) < 4.78 is 0. The molecule has 0 radical (unpaired) electrons. The molecule has 1 N–H and O–H groups in total. The summed E-state index contributed by atoms with van der Waals surface area (Å²) in [7, 11) is 1.33. The zero-order valence-electron chi connectivity index (χ0n) is 4.93. The lowest BCUT2D eigenvalue weighted by atomic mass is 10.5. The minimum absolute atomic E-state index is 0.147. The van der Waals surface area contributed by atoms with E-state index in [0.29, 0.717) is 5.71 Å². The Labute approximate surface area is 47.7 Å². The summed E-state index contributed by atoms with van der Waals surface area (Å²) in [6, 6.07) is 0. The third-order valence-electron chi connectivity index (χ3n) is 0.392. The van der Waals surface area contributed by atoms with Crippen molar-refractivity contribution >= 4 is 5.71 Å². The first kappa shape index (κ1) is 7.55. The maximum absolute atomic E-state index is 6.81. The van der Waals surface area contributed by atoms with Crippen LogP contribution in [0.1, 0.15) is 6.92 Å². The van der Waals surface area contributed by atoms with E-state index < -0.39 is 0 Å². The molecule has 0 aliphatic heterocycles. The molecule has 4 heteroatoms. The van der Waals surface area contributed by atoms with Crippen molar-refractivity contribution in [1.29, 1.82) is 5.41 Å². The summed E-state index contributed by atoms with van der Waals surface area (Å²) >= 11 is 0. The zero-order chi connectivity index (χ0) is 6.41. The van der Waals surface area contributed by atoms with Gasteiger partial charge >= 0.3 is 0 Å². The lowest BCUT2D eigenvalue weighted by Crippen LogP contribution is -2.02. The molecule has 8 heavy (non-hydrogen) atoms. The third kappa shape index (κ3) is 5.55. The molecule has 0 heterocycles. The second-order valence-corrected chi connectivity index (χ2v) is 1.28. The minimum atomic E-state index is 0.147. The highest BCUT2D eigenvalue weighted by molar-refractivity contribution is 5.79. The Hall–Kier alpha value is -0.450. The molecule has 0 unspecified atom stereocenters. The molecule has 0 aromatic heterocycles. The van der Waals surface area contributed by atoms with Gasteiger partial charge in [0.2, 0.25) is 0 Å². The maximum atomic E-state index is 6.81. The minimum Gasteiger partial charge on any atom is -0.307 e. The van der Waals surface area contributed by atoms with E-state index in [-0.39, 0.29) is 6.61 Å². The molecule has 0 aromatic carbocycles. The van der Waals surface area contributed by atoms with Crippen LogP contribution in [0.25, 0.3) is 0 Å². The number of rotatable bonds is 4. The van der Waals surface area contributed by atoms with Crippen molar-refractivity contribution in [2.24, 2.45) is 0 Å². The lowest BCUT2D eigenvalue weighted by molar-refractivity contribution is -0.496. The molecule has 0 rings (SSSR count). The standard InChI is InChI=1S/C4H9NO3/c1-4(5)3-7-8-6-2/h5H,3H2,1-2H3. The fourth-order valence-corrected chi connectivity index (χ4v) is 0.161. The van der Waals surface area contributed by atoms with Crippen molar-refractivity contribution in [3.05, 3.63) is 0 Å². The quantitative estimate of drug-likeness (QED) is 0.254. The SMILES string of the molecule is COOOCC(C)=N. The van der Waals surface area contributed by atoms with Crippen LogP contribution < -0.4 is 0 Å². The smallest absolute Gasteiger partial charge is 0.122 e. The Kier molecular flexibility index (Phi) is 4.44. The van der Waals surface area contributed by atoms with E-state index in [1.165, 1.54) is 7.11 Å². The molecule has 0 aliphatic carbocycles. The first-order chi connectivity index (χ1) is 3.77. The molecule has 0 aromatic rings. The Morgan fingerprint density at radius 3 is 2.62 bits per heavy atom. The summed E-state index contributed by atoms with van der Waals surface area (Å²) in [6.07, 6.45) is 0. The van der Waals surface area contributed by atoms with Crippen molar-refractivity contribution in [2.75, 3.05) is 13.7 Å². The van der Waals surface area contributed by atoms with Gasteiger partial charge in [-0.15, -0.1) is 0 Å². The monoisotopic (exact) mass is 119 g/mol. The van der Waals surface area contributed by atoms with Crippen LogP contribution >= 0.6 is 0 Å². The summed E-state index contributed by atoms with van der Waals surface area (Å²) in [6.45, 7) is 1.76. The van der Waals surface area contributed by atoms with Gasteiger partial charge in [0.15, 0.2) is 0 Å². The average Bonchev–Trinajstić information content (AvgIpc) is 1.66. The predicted molar refractivity (Wildman–Crippen MR) is 27.4 cm³/mol. The molecular formula is C4H9NO3. The molecule has 0 fully saturated rings. The van der Waals surface area contributed by atoms with Crippen molar-refractivity contribution in [2.45, 2.75) is 6.92 Å². The Morgan fingerprint density at radius 1 is 1.62 bits per heavy atom. The molecule has 4 nitrogen and oxygen atoms in total. The van der Waals surface area contributed by atoms with E-state index in [9.17, 15) is 0 Å². The van der Waals surface area contributed by atoms with Gasteiger partial charge in [-0.2, -0.15) is 0 Å². The van der Waals surface area contributed by atoms with Gasteiger partial charge in [-0.05, 0) is 6.92 Å². The number of hydrogen-bond acceptors (Lipinski definition) is 4. The van der Waals surface area contributed by atoms with E-state index >= 15 is 0 Å². The average molecular weight is 119 g/mol. The van der Waals surface area contributed by atoms with Crippen LogP contribution in [0.15, 0.2) is 0 Å². The zero-order valence-corrected chi connectivity index (χ0v) is 4.93. The predicted octanol–water partition coefficient (Wildman–Crippen LogP) is 0.536. The summed E-state index contributed by atoms with van der Waals surface area (Å²) in [5.41, 5.74) is 0.391. The third-order valence-corrected chi connectivity index (χ3v) is 0.392. The molecule has 0 saturated heterocycles. The van der Waals surface area contributed by atoms with Gasteiger partial charge in [0, 0.05) is 5.71 Å². The largest absolute Gasteiger partial charge is 0.307 e. The van der Waals surface area contributed by atoms with Crippen molar-refractivity contribution in [3.8, 4) is 0 Å². The second kappa shape index (κ2) is 4.70. The molecule has 0 atom stereocenters. The van der Waals surface area contributed by atoms with Gasteiger partial charge in [0.1, 0.15) is 6.61 Å². The highest BCUT2D eigenvalue weighted by Gasteiger charge is 1.86. The Balaban J connectivity index is 2.82. The van der Waals surface area contributed by atoms with Gasteiger partial charge in [0.05, 0.1) is 7.11 Å². The topological polar surface area (TPSA) is 51.5 Å². The fraction of sp³-hybridized carbons (Fsp3) is 0.750. The summed E-state index contributed by atoms with van der Waals surface area (Å²) in [5, 5.41) is 10.8. The van der Waals surface area contributed by atoms with Crippen molar-refractivity contribution in [3.63, 3.8) is 0 Å². The van der Waals surface area contributed by atoms with Crippen LogP contribution in [0.5, 0.6) is 0 Å². The second-order valence-electron chi connectivity index (χ2n) is 1.28. The lowest BCUT2D eigenvalue weighted by Gasteiger charge is -1.95. The van der Waals surface area contributed by atoms with E-state index in [2.05, 4.69) is 14.8 Å². The Morgan fingerprint density at radius 2 is 2.25 bits per heavy atom. The molecule has 0 bridgehead atoms. The normalized spacial score (nSPS) is 9.25. The highest BCUT2D eigenvalue weighted by Crippen LogP contribution is 1.77.